The Kier molecular flexibility index (Phi) is 4.69. The van der Waals surface area contributed by atoms with Gasteiger partial charge in [0.15, 0.2) is 0 Å². The third-order valence-corrected chi connectivity index (χ3v) is 4.45. The summed E-state index contributed by atoms with van der Waals surface area (Å²) in [6.45, 7) is 5.40. The maximum absolute atomic E-state index is 11.6. The molecule has 2 aliphatic heterocycles. The first kappa shape index (κ1) is 13.2. The number of halogens is 1. The minimum atomic E-state index is 0.257. The monoisotopic (exact) mass is 258 g/mol. The largest absolute Gasteiger partial charge is 0.354 e. The Hall–Kier alpha value is -0.280. The molecule has 2 fully saturated rings. The molecule has 2 heterocycles. The highest BCUT2D eigenvalue weighted by Crippen LogP contribution is 2.27. The van der Waals surface area contributed by atoms with E-state index >= 15 is 0 Å². The van der Waals surface area contributed by atoms with Gasteiger partial charge in [0, 0.05) is 18.5 Å². The summed E-state index contributed by atoms with van der Waals surface area (Å²) in [7, 11) is 0. The zero-order valence-corrected chi connectivity index (χ0v) is 11.4. The number of piperidine rings is 1. The Morgan fingerprint density at radius 1 is 1.53 bits per heavy atom. The van der Waals surface area contributed by atoms with Crippen LogP contribution >= 0.6 is 11.6 Å². The molecule has 0 aromatic rings. The summed E-state index contributed by atoms with van der Waals surface area (Å²) in [4.78, 5) is 14.2. The summed E-state index contributed by atoms with van der Waals surface area (Å²) < 4.78 is 0. The highest BCUT2D eigenvalue weighted by molar-refractivity contribution is 6.17. The fraction of sp³-hybridized carbons (Fsp3) is 0.923. The average molecular weight is 259 g/mol. The van der Waals surface area contributed by atoms with Crippen molar-refractivity contribution in [3.63, 3.8) is 0 Å². The Bertz CT molecular complexity index is 272. The summed E-state index contributed by atoms with van der Waals surface area (Å²) in [5, 5.41) is 3.00. The number of nitrogens with zero attached hydrogens (tertiary/aromatic N) is 1. The molecule has 2 saturated heterocycles. The van der Waals surface area contributed by atoms with E-state index in [0.717, 1.165) is 38.4 Å². The van der Waals surface area contributed by atoms with E-state index in [2.05, 4.69) is 17.1 Å². The Balaban J connectivity index is 1.82. The molecular formula is C13H23ClN2O. The molecule has 0 spiro atoms. The zero-order chi connectivity index (χ0) is 12.3. The van der Waals surface area contributed by atoms with E-state index in [1.165, 1.54) is 12.8 Å². The van der Waals surface area contributed by atoms with Crippen LogP contribution in [0, 0.1) is 11.8 Å². The third kappa shape index (κ3) is 3.14. The van der Waals surface area contributed by atoms with E-state index in [-0.39, 0.29) is 11.8 Å². The normalized spacial score (nSPS) is 31.1. The highest BCUT2D eigenvalue weighted by Gasteiger charge is 2.40. The van der Waals surface area contributed by atoms with Crippen LogP contribution in [-0.2, 0) is 4.79 Å². The van der Waals surface area contributed by atoms with E-state index < -0.39 is 0 Å². The topological polar surface area (TPSA) is 32.3 Å². The summed E-state index contributed by atoms with van der Waals surface area (Å²) in [5.74, 6) is 1.98. The van der Waals surface area contributed by atoms with Crippen molar-refractivity contribution in [1.29, 1.82) is 0 Å². The van der Waals surface area contributed by atoms with Crippen LogP contribution in [0.2, 0.25) is 0 Å². The molecule has 0 bridgehead atoms. The first-order valence-electron chi connectivity index (χ1n) is 6.80. The molecule has 1 amide bonds. The predicted octanol–water partition coefficient (Wildman–Crippen LogP) is 1.85. The van der Waals surface area contributed by atoms with Crippen LogP contribution in [-0.4, -0.2) is 42.4 Å². The number of alkyl halides is 1. The number of amides is 1. The molecule has 0 aliphatic carbocycles. The molecule has 3 nitrogen and oxygen atoms in total. The van der Waals surface area contributed by atoms with Gasteiger partial charge in [0.25, 0.3) is 0 Å². The van der Waals surface area contributed by atoms with Crippen LogP contribution < -0.4 is 5.32 Å². The van der Waals surface area contributed by atoms with Gasteiger partial charge >= 0.3 is 0 Å². The second kappa shape index (κ2) is 6.05. The van der Waals surface area contributed by atoms with Gasteiger partial charge in [-0.05, 0) is 44.7 Å². The van der Waals surface area contributed by atoms with Gasteiger partial charge in [-0.2, -0.15) is 0 Å². The minimum Gasteiger partial charge on any atom is -0.354 e. The van der Waals surface area contributed by atoms with Crippen LogP contribution in [0.5, 0.6) is 0 Å². The Morgan fingerprint density at radius 3 is 3.12 bits per heavy atom. The molecule has 0 aromatic carbocycles. The molecule has 2 rings (SSSR count). The molecule has 0 saturated carbocycles. The first-order chi connectivity index (χ1) is 8.22. The second-order valence-corrected chi connectivity index (χ2v) is 5.85. The van der Waals surface area contributed by atoms with Crippen molar-refractivity contribution in [2.75, 3.05) is 25.5 Å². The van der Waals surface area contributed by atoms with Gasteiger partial charge in [0.05, 0.1) is 5.92 Å². The Labute approximate surface area is 109 Å². The van der Waals surface area contributed by atoms with Gasteiger partial charge < -0.3 is 5.32 Å². The van der Waals surface area contributed by atoms with Gasteiger partial charge in [-0.1, -0.05) is 6.92 Å². The lowest BCUT2D eigenvalue weighted by Gasteiger charge is -2.36. The van der Waals surface area contributed by atoms with Crippen molar-refractivity contribution in [2.24, 2.45) is 11.8 Å². The molecule has 0 aromatic heterocycles. The zero-order valence-electron chi connectivity index (χ0n) is 10.6. The minimum absolute atomic E-state index is 0.257. The number of hydrogen-bond donors (Lipinski definition) is 1. The van der Waals surface area contributed by atoms with Crippen LogP contribution in [0.15, 0.2) is 0 Å². The first-order valence-corrected chi connectivity index (χ1v) is 7.33. The fourth-order valence-corrected chi connectivity index (χ4v) is 3.41. The SMILES string of the molecule is CC(CCCl)CCN1CCCC2C(=O)NCC21. The standard InChI is InChI=1S/C13H23ClN2O/c1-10(4-6-14)5-8-16-7-2-3-11-12(16)9-15-13(11)17/h10-12H,2-9H2,1H3,(H,15,17). The number of hydrogen-bond acceptors (Lipinski definition) is 2. The number of carbonyl (C=O) groups excluding carboxylic acids is 1. The molecule has 3 atom stereocenters. The molecule has 17 heavy (non-hydrogen) atoms. The van der Waals surface area contributed by atoms with Crippen molar-refractivity contribution in [3.05, 3.63) is 0 Å². The van der Waals surface area contributed by atoms with Crippen LogP contribution in [0.1, 0.15) is 32.6 Å². The van der Waals surface area contributed by atoms with Gasteiger partial charge in [-0.3, -0.25) is 9.69 Å². The van der Waals surface area contributed by atoms with E-state index in [9.17, 15) is 4.79 Å². The maximum atomic E-state index is 11.6. The van der Waals surface area contributed by atoms with Crippen LogP contribution in [0.25, 0.3) is 0 Å². The van der Waals surface area contributed by atoms with Gasteiger partial charge in [-0.15, -0.1) is 11.6 Å². The number of likely N-dealkylation sites (tertiary alicyclic amines) is 1. The lowest BCUT2D eigenvalue weighted by atomic mass is 9.91. The molecule has 0 radical (unpaired) electrons. The fourth-order valence-electron chi connectivity index (χ4n) is 3.03. The number of fused-ring (bicyclic) bond motifs is 1. The molecule has 1 N–H and O–H groups in total. The predicted molar refractivity (Wildman–Crippen MR) is 70.2 cm³/mol. The van der Waals surface area contributed by atoms with E-state index in [0.29, 0.717) is 12.0 Å². The molecule has 98 valence electrons. The van der Waals surface area contributed by atoms with Crippen molar-refractivity contribution in [1.82, 2.24) is 10.2 Å². The number of carbonyl (C=O) groups is 1. The van der Waals surface area contributed by atoms with Gasteiger partial charge in [0.1, 0.15) is 0 Å². The molecule has 3 unspecified atom stereocenters. The lowest BCUT2D eigenvalue weighted by Crippen LogP contribution is -2.46. The third-order valence-electron chi connectivity index (χ3n) is 4.23. The summed E-state index contributed by atoms with van der Waals surface area (Å²) in [6.07, 6.45) is 4.54. The second-order valence-electron chi connectivity index (χ2n) is 5.47. The summed E-state index contributed by atoms with van der Waals surface area (Å²) in [6, 6.07) is 0.458. The molecule has 4 heteroatoms. The van der Waals surface area contributed by atoms with Gasteiger partial charge in [0.2, 0.25) is 5.91 Å². The summed E-state index contributed by atoms with van der Waals surface area (Å²) >= 11 is 5.76. The van der Waals surface area contributed by atoms with E-state index in [4.69, 9.17) is 11.6 Å². The average Bonchev–Trinajstić information content (AvgIpc) is 2.70. The highest BCUT2D eigenvalue weighted by atomic mass is 35.5. The molecular weight excluding hydrogens is 236 g/mol. The van der Waals surface area contributed by atoms with Crippen LogP contribution in [0.3, 0.4) is 0 Å². The lowest BCUT2D eigenvalue weighted by molar-refractivity contribution is -0.124. The quantitative estimate of drug-likeness (QED) is 0.764. The van der Waals surface area contributed by atoms with Crippen molar-refractivity contribution in [3.8, 4) is 0 Å². The number of nitrogens with one attached hydrogen (secondary N) is 1. The van der Waals surface area contributed by atoms with Crippen LogP contribution in [0.4, 0.5) is 0 Å². The van der Waals surface area contributed by atoms with Crippen molar-refractivity contribution >= 4 is 17.5 Å². The van der Waals surface area contributed by atoms with Crippen molar-refractivity contribution in [2.45, 2.75) is 38.6 Å². The Morgan fingerprint density at radius 2 is 2.35 bits per heavy atom. The summed E-state index contributed by atoms with van der Waals surface area (Å²) in [5.41, 5.74) is 0. The van der Waals surface area contributed by atoms with Crippen molar-refractivity contribution < 1.29 is 4.79 Å². The number of rotatable bonds is 5. The van der Waals surface area contributed by atoms with E-state index in [1.54, 1.807) is 0 Å². The maximum Gasteiger partial charge on any atom is 0.224 e. The van der Waals surface area contributed by atoms with Gasteiger partial charge in [-0.25, -0.2) is 0 Å². The molecule has 2 aliphatic rings. The van der Waals surface area contributed by atoms with E-state index in [1.807, 2.05) is 0 Å². The smallest absolute Gasteiger partial charge is 0.224 e.